The molecule has 0 saturated heterocycles. The molecule has 0 spiro atoms. The number of anilines is 1. The summed E-state index contributed by atoms with van der Waals surface area (Å²) < 4.78 is 16.4. The van der Waals surface area contributed by atoms with E-state index in [4.69, 9.17) is 14.2 Å². The van der Waals surface area contributed by atoms with E-state index in [9.17, 15) is 9.59 Å². The zero-order valence-electron chi connectivity index (χ0n) is 16.4. The van der Waals surface area contributed by atoms with E-state index < -0.39 is 12.1 Å². The molecule has 1 aliphatic rings. The van der Waals surface area contributed by atoms with Gasteiger partial charge in [0.2, 0.25) is 12.0 Å². The third kappa shape index (κ3) is 4.82. The first-order valence-electron chi connectivity index (χ1n) is 9.37. The van der Waals surface area contributed by atoms with Gasteiger partial charge in [0, 0.05) is 12.1 Å². The van der Waals surface area contributed by atoms with E-state index in [-0.39, 0.29) is 25.5 Å². The monoisotopic (exact) mass is 383 g/mol. The van der Waals surface area contributed by atoms with Crippen LogP contribution in [-0.4, -0.2) is 31.2 Å². The Labute approximate surface area is 164 Å². The number of ether oxygens (including phenoxy) is 3. The molecular weight excluding hydrogens is 358 g/mol. The maximum atomic E-state index is 12.2. The van der Waals surface area contributed by atoms with Gasteiger partial charge in [-0.25, -0.2) is 4.79 Å². The van der Waals surface area contributed by atoms with E-state index >= 15 is 0 Å². The predicted octanol–water partition coefficient (Wildman–Crippen LogP) is 3.71. The van der Waals surface area contributed by atoms with Crippen LogP contribution in [0.3, 0.4) is 0 Å². The number of para-hydroxylation sites is 2. The molecule has 2 aromatic carbocycles. The van der Waals surface area contributed by atoms with Crippen molar-refractivity contribution in [2.24, 2.45) is 0 Å². The SMILES string of the molecule is Cc1cc(C)c(NC(=O)CCCOC(=O)[C@@H]2COc3ccccc3O2)c(C)c1. The normalized spacial score (nSPS) is 15.0. The lowest BCUT2D eigenvalue weighted by molar-refractivity contribution is -0.154. The van der Waals surface area contributed by atoms with Crippen LogP contribution in [0.2, 0.25) is 0 Å². The summed E-state index contributed by atoms with van der Waals surface area (Å²) in [5, 5.41) is 2.94. The first kappa shape index (κ1) is 19.7. The lowest BCUT2D eigenvalue weighted by Gasteiger charge is -2.24. The fraction of sp³-hybridized carbons (Fsp3) is 0.364. The number of hydrogen-bond donors (Lipinski definition) is 1. The largest absolute Gasteiger partial charge is 0.485 e. The molecular formula is C22H25NO5. The van der Waals surface area contributed by atoms with Crippen LogP contribution in [0.5, 0.6) is 11.5 Å². The Balaban J connectivity index is 1.41. The smallest absolute Gasteiger partial charge is 0.350 e. The number of esters is 1. The Kier molecular flexibility index (Phi) is 6.19. The minimum absolute atomic E-state index is 0.0997. The molecule has 2 aromatic rings. The highest BCUT2D eigenvalue weighted by Crippen LogP contribution is 2.31. The first-order valence-corrected chi connectivity index (χ1v) is 9.37. The Morgan fingerprint density at radius 2 is 1.79 bits per heavy atom. The van der Waals surface area contributed by atoms with Gasteiger partial charge in [0.25, 0.3) is 0 Å². The summed E-state index contributed by atoms with van der Waals surface area (Å²) >= 11 is 0. The molecule has 1 amide bonds. The van der Waals surface area contributed by atoms with Gasteiger partial charge in [-0.3, -0.25) is 4.79 Å². The quantitative estimate of drug-likeness (QED) is 0.608. The van der Waals surface area contributed by atoms with Crippen molar-refractivity contribution in [1.29, 1.82) is 0 Å². The van der Waals surface area contributed by atoms with Crippen LogP contribution in [0.25, 0.3) is 0 Å². The van der Waals surface area contributed by atoms with E-state index in [0.29, 0.717) is 17.9 Å². The Morgan fingerprint density at radius 3 is 2.50 bits per heavy atom. The zero-order valence-corrected chi connectivity index (χ0v) is 16.4. The summed E-state index contributed by atoms with van der Waals surface area (Å²) in [5.74, 6) is 0.557. The number of carbonyl (C=O) groups is 2. The van der Waals surface area contributed by atoms with Crippen molar-refractivity contribution in [3.05, 3.63) is 53.1 Å². The molecule has 6 heteroatoms. The Bertz CT molecular complexity index is 854. The second kappa shape index (κ2) is 8.78. The van der Waals surface area contributed by atoms with Crippen LogP contribution in [0.15, 0.2) is 36.4 Å². The molecule has 1 atom stereocenters. The van der Waals surface area contributed by atoms with Gasteiger partial charge in [0.15, 0.2) is 11.5 Å². The first-order chi connectivity index (χ1) is 13.4. The van der Waals surface area contributed by atoms with Gasteiger partial charge >= 0.3 is 5.97 Å². The number of rotatable bonds is 6. The highest BCUT2D eigenvalue weighted by Gasteiger charge is 2.28. The predicted molar refractivity (Wildman–Crippen MR) is 106 cm³/mol. The summed E-state index contributed by atoms with van der Waals surface area (Å²) in [6.45, 7) is 6.24. The summed E-state index contributed by atoms with van der Waals surface area (Å²) in [6.07, 6.45) is -0.0853. The second-order valence-corrected chi connectivity index (χ2v) is 6.96. The van der Waals surface area contributed by atoms with E-state index in [0.717, 1.165) is 22.4 Å². The Morgan fingerprint density at radius 1 is 1.11 bits per heavy atom. The van der Waals surface area contributed by atoms with E-state index in [1.54, 1.807) is 12.1 Å². The fourth-order valence-corrected chi connectivity index (χ4v) is 3.21. The van der Waals surface area contributed by atoms with Crippen molar-refractivity contribution in [1.82, 2.24) is 0 Å². The van der Waals surface area contributed by atoms with E-state index in [1.807, 2.05) is 45.0 Å². The van der Waals surface area contributed by atoms with Crippen molar-refractivity contribution in [2.45, 2.75) is 39.7 Å². The standard InChI is InChI=1S/C22H25NO5/c1-14-11-15(2)21(16(3)12-14)23-20(24)9-6-10-26-22(25)19-13-27-17-7-4-5-8-18(17)28-19/h4-5,7-8,11-12,19H,6,9-10,13H2,1-3H3,(H,23,24)/t19-/m0/s1. The maximum absolute atomic E-state index is 12.2. The molecule has 148 valence electrons. The maximum Gasteiger partial charge on any atom is 0.350 e. The van der Waals surface area contributed by atoms with E-state index in [2.05, 4.69) is 5.32 Å². The summed E-state index contributed by atoms with van der Waals surface area (Å²) in [5.41, 5.74) is 4.08. The molecule has 3 rings (SSSR count). The zero-order chi connectivity index (χ0) is 20.1. The molecule has 1 aliphatic heterocycles. The average Bonchev–Trinajstić information content (AvgIpc) is 2.67. The highest BCUT2D eigenvalue weighted by molar-refractivity contribution is 5.92. The lowest BCUT2D eigenvalue weighted by Crippen LogP contribution is -2.38. The fourth-order valence-electron chi connectivity index (χ4n) is 3.21. The number of nitrogens with one attached hydrogen (secondary N) is 1. The molecule has 0 fully saturated rings. The van der Waals surface area contributed by atoms with E-state index in [1.165, 1.54) is 0 Å². The molecule has 1 heterocycles. The van der Waals surface area contributed by atoms with Crippen LogP contribution in [0.4, 0.5) is 5.69 Å². The molecule has 6 nitrogen and oxygen atoms in total. The molecule has 28 heavy (non-hydrogen) atoms. The van der Waals surface area contributed by atoms with Crippen LogP contribution < -0.4 is 14.8 Å². The van der Waals surface area contributed by atoms with Crippen molar-refractivity contribution < 1.29 is 23.8 Å². The molecule has 0 unspecified atom stereocenters. The number of carbonyl (C=O) groups excluding carboxylic acids is 2. The molecule has 0 saturated carbocycles. The van der Waals surface area contributed by atoms with Crippen molar-refractivity contribution in [3.8, 4) is 11.5 Å². The average molecular weight is 383 g/mol. The summed E-state index contributed by atoms with van der Waals surface area (Å²) in [4.78, 5) is 24.3. The molecule has 0 bridgehead atoms. The minimum atomic E-state index is -0.790. The lowest BCUT2D eigenvalue weighted by atomic mass is 10.0. The Hall–Kier alpha value is -3.02. The molecule has 1 N–H and O–H groups in total. The second-order valence-electron chi connectivity index (χ2n) is 6.96. The van der Waals surface area contributed by atoms with Crippen LogP contribution in [0.1, 0.15) is 29.5 Å². The highest BCUT2D eigenvalue weighted by atomic mass is 16.6. The summed E-state index contributed by atoms with van der Waals surface area (Å²) in [7, 11) is 0. The third-order valence-electron chi connectivity index (χ3n) is 4.51. The van der Waals surface area contributed by atoms with Gasteiger partial charge in [-0.2, -0.15) is 0 Å². The van der Waals surface area contributed by atoms with Gasteiger partial charge < -0.3 is 19.5 Å². The van der Waals surface area contributed by atoms with Crippen LogP contribution in [0, 0.1) is 20.8 Å². The number of aryl methyl sites for hydroxylation is 3. The molecule has 0 aromatic heterocycles. The van der Waals surface area contributed by atoms with Crippen LogP contribution >= 0.6 is 0 Å². The van der Waals surface area contributed by atoms with Crippen molar-refractivity contribution in [2.75, 3.05) is 18.5 Å². The number of benzene rings is 2. The molecule has 0 aliphatic carbocycles. The van der Waals surface area contributed by atoms with Gasteiger partial charge in [-0.05, 0) is 50.5 Å². The van der Waals surface area contributed by atoms with Gasteiger partial charge in [0.1, 0.15) is 6.61 Å². The topological polar surface area (TPSA) is 73.9 Å². The van der Waals surface area contributed by atoms with Crippen molar-refractivity contribution in [3.63, 3.8) is 0 Å². The van der Waals surface area contributed by atoms with Gasteiger partial charge in [0.05, 0.1) is 6.61 Å². The van der Waals surface area contributed by atoms with Gasteiger partial charge in [-0.15, -0.1) is 0 Å². The number of amides is 1. The van der Waals surface area contributed by atoms with Crippen LogP contribution in [-0.2, 0) is 14.3 Å². The number of fused-ring (bicyclic) bond motifs is 1. The number of hydrogen-bond acceptors (Lipinski definition) is 5. The van der Waals surface area contributed by atoms with Gasteiger partial charge in [-0.1, -0.05) is 29.8 Å². The molecule has 0 radical (unpaired) electrons. The third-order valence-corrected chi connectivity index (χ3v) is 4.51. The van der Waals surface area contributed by atoms with Crippen molar-refractivity contribution >= 4 is 17.6 Å². The summed E-state index contributed by atoms with van der Waals surface area (Å²) in [6, 6.07) is 11.3. The minimum Gasteiger partial charge on any atom is -0.485 e.